The van der Waals surface area contributed by atoms with Crippen LogP contribution >= 0.6 is 0 Å². The van der Waals surface area contributed by atoms with Gasteiger partial charge >= 0.3 is 0 Å². The molecule has 6 heteroatoms. The first-order valence-electron chi connectivity index (χ1n) is 8.22. The standard InChI is InChI=1S/C18H20N6/c1-2-4-18(5-3-1)24-15-16(20-21-24)14-22-10-12-23(13-11-22)17-6-8-19-9-7-17/h1-9,15H,10-14H2. The van der Waals surface area contributed by atoms with Crippen molar-refractivity contribution in [2.24, 2.45) is 0 Å². The fourth-order valence-corrected chi connectivity index (χ4v) is 3.03. The van der Waals surface area contributed by atoms with Crippen molar-refractivity contribution in [3.8, 4) is 5.69 Å². The van der Waals surface area contributed by atoms with E-state index < -0.39 is 0 Å². The van der Waals surface area contributed by atoms with Gasteiger partial charge in [-0.25, -0.2) is 4.68 Å². The van der Waals surface area contributed by atoms with Gasteiger partial charge in [0.2, 0.25) is 0 Å². The minimum atomic E-state index is 0.844. The summed E-state index contributed by atoms with van der Waals surface area (Å²) < 4.78 is 1.84. The Morgan fingerprint density at radius 2 is 1.58 bits per heavy atom. The van der Waals surface area contributed by atoms with Gasteiger partial charge in [0.05, 0.1) is 17.6 Å². The lowest BCUT2D eigenvalue weighted by atomic mass is 10.2. The molecule has 0 N–H and O–H groups in total. The molecule has 1 aliphatic rings. The molecule has 0 spiro atoms. The highest BCUT2D eigenvalue weighted by atomic mass is 15.4. The number of aromatic nitrogens is 4. The number of rotatable bonds is 4. The third kappa shape index (κ3) is 3.28. The van der Waals surface area contributed by atoms with Gasteiger partial charge in [-0.05, 0) is 24.3 Å². The van der Waals surface area contributed by atoms with Crippen molar-refractivity contribution in [3.63, 3.8) is 0 Å². The number of hydrogen-bond donors (Lipinski definition) is 0. The number of piperazine rings is 1. The van der Waals surface area contributed by atoms with Crippen LogP contribution in [0, 0.1) is 0 Å². The summed E-state index contributed by atoms with van der Waals surface area (Å²) in [5.41, 5.74) is 3.30. The van der Waals surface area contributed by atoms with Gasteiger partial charge in [0, 0.05) is 50.8 Å². The molecule has 122 valence electrons. The predicted octanol–water partition coefficient (Wildman–Crippen LogP) is 1.98. The molecule has 1 aliphatic heterocycles. The van der Waals surface area contributed by atoms with Gasteiger partial charge < -0.3 is 4.90 Å². The number of hydrogen-bond acceptors (Lipinski definition) is 5. The molecule has 1 fully saturated rings. The maximum Gasteiger partial charge on any atom is 0.0971 e. The van der Waals surface area contributed by atoms with Crippen LogP contribution in [0.5, 0.6) is 0 Å². The van der Waals surface area contributed by atoms with Gasteiger partial charge in [-0.3, -0.25) is 9.88 Å². The first kappa shape index (κ1) is 14.8. The molecular weight excluding hydrogens is 300 g/mol. The molecule has 6 nitrogen and oxygen atoms in total. The zero-order chi connectivity index (χ0) is 16.2. The molecule has 0 atom stereocenters. The van der Waals surface area contributed by atoms with Crippen LogP contribution in [-0.2, 0) is 6.54 Å². The van der Waals surface area contributed by atoms with E-state index in [1.165, 1.54) is 5.69 Å². The smallest absolute Gasteiger partial charge is 0.0971 e. The lowest BCUT2D eigenvalue weighted by Crippen LogP contribution is -2.46. The van der Waals surface area contributed by atoms with Crippen molar-refractivity contribution in [1.82, 2.24) is 24.9 Å². The largest absolute Gasteiger partial charge is 0.369 e. The molecular formula is C18H20N6. The van der Waals surface area contributed by atoms with Gasteiger partial charge in [-0.15, -0.1) is 5.10 Å². The Kier molecular flexibility index (Phi) is 4.20. The third-order valence-electron chi connectivity index (χ3n) is 4.35. The normalized spacial score (nSPS) is 15.6. The second-order valence-corrected chi connectivity index (χ2v) is 5.96. The molecule has 1 saturated heterocycles. The molecule has 0 amide bonds. The zero-order valence-corrected chi connectivity index (χ0v) is 13.5. The molecule has 0 unspecified atom stereocenters. The molecule has 3 aromatic rings. The van der Waals surface area contributed by atoms with E-state index in [-0.39, 0.29) is 0 Å². The summed E-state index contributed by atoms with van der Waals surface area (Å²) in [6, 6.07) is 14.2. The van der Waals surface area contributed by atoms with Crippen molar-refractivity contribution in [1.29, 1.82) is 0 Å². The Balaban J connectivity index is 1.35. The monoisotopic (exact) mass is 320 g/mol. The number of para-hydroxylation sites is 1. The lowest BCUT2D eigenvalue weighted by Gasteiger charge is -2.35. The number of benzene rings is 1. The van der Waals surface area contributed by atoms with E-state index in [0.717, 1.165) is 44.1 Å². The first-order valence-corrected chi connectivity index (χ1v) is 8.22. The van der Waals surface area contributed by atoms with Gasteiger partial charge in [-0.1, -0.05) is 23.4 Å². The Bertz CT molecular complexity index is 762. The van der Waals surface area contributed by atoms with Gasteiger partial charge in [0.1, 0.15) is 0 Å². The molecule has 0 aliphatic carbocycles. The lowest BCUT2D eigenvalue weighted by molar-refractivity contribution is 0.247. The predicted molar refractivity (Wildman–Crippen MR) is 93.1 cm³/mol. The van der Waals surface area contributed by atoms with Crippen LogP contribution in [0.2, 0.25) is 0 Å². The summed E-state index contributed by atoms with van der Waals surface area (Å²) >= 11 is 0. The van der Waals surface area contributed by atoms with E-state index in [4.69, 9.17) is 0 Å². The summed E-state index contributed by atoms with van der Waals surface area (Å²) in [4.78, 5) is 8.91. The average Bonchev–Trinajstić information content (AvgIpc) is 3.12. The summed E-state index contributed by atoms with van der Waals surface area (Å²) in [7, 11) is 0. The Hall–Kier alpha value is -2.73. The van der Waals surface area contributed by atoms with Crippen LogP contribution in [0.1, 0.15) is 5.69 Å². The number of pyridine rings is 1. The van der Waals surface area contributed by atoms with Crippen LogP contribution in [0.3, 0.4) is 0 Å². The fraction of sp³-hybridized carbons (Fsp3) is 0.278. The van der Waals surface area contributed by atoms with E-state index in [9.17, 15) is 0 Å². The Labute approximate surface area is 141 Å². The van der Waals surface area contributed by atoms with Crippen LogP contribution in [0.25, 0.3) is 5.69 Å². The topological polar surface area (TPSA) is 50.1 Å². The van der Waals surface area contributed by atoms with E-state index in [2.05, 4.69) is 37.2 Å². The molecule has 0 saturated carbocycles. The summed E-state index contributed by atoms with van der Waals surface area (Å²) in [5, 5.41) is 8.55. The maximum absolute atomic E-state index is 4.31. The van der Waals surface area contributed by atoms with Crippen molar-refractivity contribution in [2.45, 2.75) is 6.54 Å². The third-order valence-corrected chi connectivity index (χ3v) is 4.35. The molecule has 1 aromatic carbocycles. The summed E-state index contributed by atoms with van der Waals surface area (Å²) in [6.07, 6.45) is 5.72. The average molecular weight is 320 g/mol. The van der Waals surface area contributed by atoms with Gasteiger partial charge in [-0.2, -0.15) is 0 Å². The van der Waals surface area contributed by atoms with Crippen molar-refractivity contribution in [3.05, 3.63) is 66.7 Å². The molecule has 2 aromatic heterocycles. The molecule has 0 bridgehead atoms. The fourth-order valence-electron chi connectivity index (χ4n) is 3.03. The van der Waals surface area contributed by atoms with Gasteiger partial charge in [0.25, 0.3) is 0 Å². The number of nitrogens with zero attached hydrogens (tertiary/aromatic N) is 6. The Morgan fingerprint density at radius 3 is 2.33 bits per heavy atom. The van der Waals surface area contributed by atoms with Crippen molar-refractivity contribution in [2.75, 3.05) is 31.1 Å². The van der Waals surface area contributed by atoms with Crippen LogP contribution < -0.4 is 4.90 Å². The summed E-state index contributed by atoms with van der Waals surface area (Å²) in [6.45, 7) is 4.95. The number of anilines is 1. The highest BCUT2D eigenvalue weighted by Crippen LogP contribution is 2.16. The van der Waals surface area contributed by atoms with E-state index in [1.807, 2.05) is 53.6 Å². The van der Waals surface area contributed by atoms with Crippen LogP contribution in [0.15, 0.2) is 61.1 Å². The second-order valence-electron chi connectivity index (χ2n) is 5.96. The zero-order valence-electron chi connectivity index (χ0n) is 13.5. The quantitative estimate of drug-likeness (QED) is 0.736. The highest BCUT2D eigenvalue weighted by molar-refractivity contribution is 5.45. The second kappa shape index (κ2) is 6.80. The van der Waals surface area contributed by atoms with E-state index in [1.54, 1.807) is 0 Å². The molecule has 3 heterocycles. The maximum atomic E-state index is 4.31. The van der Waals surface area contributed by atoms with Crippen molar-refractivity contribution >= 4 is 5.69 Å². The Morgan fingerprint density at radius 1 is 0.833 bits per heavy atom. The summed E-state index contributed by atoms with van der Waals surface area (Å²) in [5.74, 6) is 0. The van der Waals surface area contributed by atoms with E-state index >= 15 is 0 Å². The minimum Gasteiger partial charge on any atom is -0.369 e. The molecule has 4 rings (SSSR count). The first-order chi connectivity index (χ1) is 11.9. The SMILES string of the molecule is c1ccc(-n2cc(CN3CCN(c4ccncc4)CC3)nn2)cc1. The van der Waals surface area contributed by atoms with Crippen LogP contribution in [-0.4, -0.2) is 51.1 Å². The molecule has 0 radical (unpaired) electrons. The molecule has 24 heavy (non-hydrogen) atoms. The van der Waals surface area contributed by atoms with E-state index in [0.29, 0.717) is 0 Å². The van der Waals surface area contributed by atoms with Crippen molar-refractivity contribution < 1.29 is 0 Å². The van der Waals surface area contributed by atoms with Gasteiger partial charge in [0.15, 0.2) is 0 Å². The highest BCUT2D eigenvalue weighted by Gasteiger charge is 2.18. The van der Waals surface area contributed by atoms with Crippen LogP contribution in [0.4, 0.5) is 5.69 Å². The minimum absolute atomic E-state index is 0.844.